The Bertz CT molecular complexity index is 649. The molecule has 0 spiro atoms. The summed E-state index contributed by atoms with van der Waals surface area (Å²) in [4.78, 5) is 14.2. The monoisotopic (exact) mass is 326 g/mol. The number of benzene rings is 1. The molecule has 2 rings (SSSR count). The van der Waals surface area contributed by atoms with Crippen molar-refractivity contribution in [3.05, 3.63) is 56.4 Å². The SMILES string of the molecule is Cc1cnc(Oc2cc(F)ccc2Br)cc1[N+](=O)[O-]. The van der Waals surface area contributed by atoms with Gasteiger partial charge < -0.3 is 4.74 Å². The number of ether oxygens (including phenoxy) is 1. The van der Waals surface area contributed by atoms with Crippen LogP contribution in [0.4, 0.5) is 10.1 Å². The lowest BCUT2D eigenvalue weighted by atomic mass is 10.2. The molecule has 0 aliphatic carbocycles. The lowest BCUT2D eigenvalue weighted by molar-refractivity contribution is -0.385. The second-order valence-corrected chi connectivity index (χ2v) is 4.60. The topological polar surface area (TPSA) is 65.3 Å². The van der Waals surface area contributed by atoms with E-state index in [-0.39, 0.29) is 17.3 Å². The van der Waals surface area contributed by atoms with Crippen molar-refractivity contribution in [1.29, 1.82) is 0 Å². The van der Waals surface area contributed by atoms with Crippen molar-refractivity contribution in [2.45, 2.75) is 6.92 Å². The molecule has 0 N–H and O–H groups in total. The van der Waals surface area contributed by atoms with Crippen molar-refractivity contribution < 1.29 is 14.1 Å². The minimum absolute atomic E-state index is 0.0311. The first kappa shape index (κ1) is 13.4. The van der Waals surface area contributed by atoms with E-state index in [1.165, 1.54) is 24.4 Å². The van der Waals surface area contributed by atoms with Crippen molar-refractivity contribution in [3.8, 4) is 11.6 Å². The zero-order valence-electron chi connectivity index (χ0n) is 9.76. The van der Waals surface area contributed by atoms with Crippen LogP contribution in [-0.4, -0.2) is 9.91 Å². The fourth-order valence-corrected chi connectivity index (χ4v) is 1.74. The lowest BCUT2D eigenvalue weighted by Gasteiger charge is -2.07. The number of hydrogen-bond acceptors (Lipinski definition) is 4. The zero-order chi connectivity index (χ0) is 14.0. The summed E-state index contributed by atoms with van der Waals surface area (Å²) < 4.78 is 19.0. The molecule has 5 nitrogen and oxygen atoms in total. The number of nitro groups is 1. The summed E-state index contributed by atoms with van der Waals surface area (Å²) in [5, 5.41) is 10.8. The van der Waals surface area contributed by atoms with E-state index in [1.54, 1.807) is 6.92 Å². The van der Waals surface area contributed by atoms with Gasteiger partial charge in [-0.3, -0.25) is 10.1 Å². The highest BCUT2D eigenvalue weighted by atomic mass is 79.9. The van der Waals surface area contributed by atoms with Crippen molar-refractivity contribution in [3.63, 3.8) is 0 Å². The quantitative estimate of drug-likeness (QED) is 0.631. The molecule has 7 heteroatoms. The third kappa shape index (κ3) is 3.05. The molecule has 0 amide bonds. The Morgan fingerprint density at radius 3 is 2.84 bits per heavy atom. The molecular weight excluding hydrogens is 319 g/mol. The predicted molar refractivity (Wildman–Crippen MR) is 69.8 cm³/mol. The Labute approximate surface area is 116 Å². The van der Waals surface area contributed by atoms with Crippen LogP contribution in [0.3, 0.4) is 0 Å². The van der Waals surface area contributed by atoms with Crippen LogP contribution in [0.5, 0.6) is 11.6 Å². The molecule has 0 unspecified atom stereocenters. The van der Waals surface area contributed by atoms with E-state index in [4.69, 9.17) is 4.74 Å². The molecule has 1 aromatic carbocycles. The van der Waals surface area contributed by atoms with Crippen molar-refractivity contribution in [2.24, 2.45) is 0 Å². The highest BCUT2D eigenvalue weighted by Gasteiger charge is 2.14. The molecule has 1 heterocycles. The summed E-state index contributed by atoms with van der Waals surface area (Å²) in [5.41, 5.74) is 0.327. The summed E-state index contributed by atoms with van der Waals surface area (Å²) in [7, 11) is 0. The fourth-order valence-electron chi connectivity index (χ4n) is 1.42. The molecule has 19 heavy (non-hydrogen) atoms. The van der Waals surface area contributed by atoms with Gasteiger partial charge in [0.25, 0.3) is 5.69 Å². The summed E-state index contributed by atoms with van der Waals surface area (Å²) in [5.74, 6) is -0.242. The van der Waals surface area contributed by atoms with E-state index < -0.39 is 10.7 Å². The number of halogens is 2. The highest BCUT2D eigenvalue weighted by molar-refractivity contribution is 9.10. The van der Waals surface area contributed by atoms with Crippen LogP contribution in [0.2, 0.25) is 0 Å². The first-order chi connectivity index (χ1) is 8.97. The van der Waals surface area contributed by atoms with Gasteiger partial charge in [-0.05, 0) is 35.0 Å². The van der Waals surface area contributed by atoms with E-state index in [0.29, 0.717) is 10.0 Å². The molecule has 0 atom stereocenters. The molecule has 0 aliphatic rings. The largest absolute Gasteiger partial charge is 0.437 e. The maximum absolute atomic E-state index is 13.1. The molecule has 0 fully saturated rings. The van der Waals surface area contributed by atoms with Gasteiger partial charge in [0.1, 0.15) is 11.6 Å². The first-order valence-corrected chi connectivity index (χ1v) is 6.00. The Kier molecular flexibility index (Phi) is 3.75. The maximum atomic E-state index is 13.1. The molecule has 98 valence electrons. The van der Waals surface area contributed by atoms with Crippen LogP contribution in [0.15, 0.2) is 34.9 Å². The lowest BCUT2D eigenvalue weighted by Crippen LogP contribution is -1.95. The second kappa shape index (κ2) is 5.31. The van der Waals surface area contributed by atoms with Gasteiger partial charge in [-0.2, -0.15) is 0 Å². The van der Waals surface area contributed by atoms with Crippen LogP contribution in [-0.2, 0) is 0 Å². The predicted octanol–water partition coefficient (Wildman–Crippen LogP) is 3.99. The summed E-state index contributed by atoms with van der Waals surface area (Å²) in [6, 6.07) is 5.11. The van der Waals surface area contributed by atoms with Gasteiger partial charge in [-0.25, -0.2) is 9.37 Å². The summed E-state index contributed by atoms with van der Waals surface area (Å²) in [6.07, 6.45) is 1.33. The Morgan fingerprint density at radius 1 is 1.42 bits per heavy atom. The molecule has 0 bridgehead atoms. The van der Waals surface area contributed by atoms with Gasteiger partial charge in [-0.1, -0.05) is 0 Å². The Hall–Kier alpha value is -2.02. The van der Waals surface area contributed by atoms with Crippen molar-refractivity contribution in [2.75, 3.05) is 0 Å². The Balaban J connectivity index is 2.36. The van der Waals surface area contributed by atoms with E-state index in [9.17, 15) is 14.5 Å². The van der Waals surface area contributed by atoms with Gasteiger partial charge >= 0.3 is 0 Å². The first-order valence-electron chi connectivity index (χ1n) is 5.21. The molecule has 1 aromatic heterocycles. The maximum Gasteiger partial charge on any atom is 0.279 e. The zero-order valence-corrected chi connectivity index (χ0v) is 11.3. The molecule has 0 radical (unpaired) electrons. The van der Waals surface area contributed by atoms with Gasteiger partial charge in [0, 0.05) is 17.8 Å². The van der Waals surface area contributed by atoms with Crippen molar-refractivity contribution in [1.82, 2.24) is 4.98 Å². The third-order valence-corrected chi connectivity index (χ3v) is 3.01. The molecule has 0 saturated carbocycles. The van der Waals surface area contributed by atoms with Gasteiger partial charge in [0.05, 0.1) is 15.5 Å². The van der Waals surface area contributed by atoms with Crippen LogP contribution >= 0.6 is 15.9 Å². The standard InChI is InChI=1S/C12H8BrFN2O3/c1-7-6-15-12(5-10(7)16(17)18)19-11-4-8(14)2-3-9(11)13/h2-6H,1H3. The number of aromatic nitrogens is 1. The smallest absolute Gasteiger partial charge is 0.279 e. The van der Waals surface area contributed by atoms with E-state index in [2.05, 4.69) is 20.9 Å². The Morgan fingerprint density at radius 2 is 2.16 bits per heavy atom. The number of nitrogens with zero attached hydrogens (tertiary/aromatic N) is 2. The molecular formula is C12H8BrFN2O3. The number of hydrogen-bond donors (Lipinski definition) is 0. The third-order valence-electron chi connectivity index (χ3n) is 2.35. The van der Waals surface area contributed by atoms with E-state index in [0.717, 1.165) is 6.07 Å². The fraction of sp³-hybridized carbons (Fsp3) is 0.0833. The van der Waals surface area contributed by atoms with Gasteiger partial charge in [-0.15, -0.1) is 0 Å². The number of aryl methyl sites for hydroxylation is 1. The summed E-state index contributed by atoms with van der Waals surface area (Å²) >= 11 is 3.20. The summed E-state index contributed by atoms with van der Waals surface area (Å²) in [6.45, 7) is 1.58. The molecule has 0 saturated heterocycles. The molecule has 0 aliphatic heterocycles. The van der Waals surface area contributed by atoms with Crippen LogP contribution in [0, 0.1) is 22.9 Å². The van der Waals surface area contributed by atoms with Crippen LogP contribution in [0.1, 0.15) is 5.56 Å². The van der Waals surface area contributed by atoms with Crippen LogP contribution in [0.25, 0.3) is 0 Å². The minimum Gasteiger partial charge on any atom is -0.437 e. The number of rotatable bonds is 3. The highest BCUT2D eigenvalue weighted by Crippen LogP contribution is 2.31. The van der Waals surface area contributed by atoms with Gasteiger partial charge in [0.15, 0.2) is 0 Å². The average Bonchev–Trinajstić information content (AvgIpc) is 2.36. The average molecular weight is 327 g/mol. The van der Waals surface area contributed by atoms with E-state index in [1.807, 2.05) is 0 Å². The number of pyridine rings is 1. The normalized spacial score (nSPS) is 10.3. The molecule has 2 aromatic rings. The van der Waals surface area contributed by atoms with Gasteiger partial charge in [0.2, 0.25) is 5.88 Å². The van der Waals surface area contributed by atoms with Crippen LogP contribution < -0.4 is 4.74 Å². The second-order valence-electron chi connectivity index (χ2n) is 3.74. The minimum atomic E-state index is -0.523. The van der Waals surface area contributed by atoms with Crippen molar-refractivity contribution >= 4 is 21.6 Å². The van der Waals surface area contributed by atoms with E-state index >= 15 is 0 Å².